The number of thioether (sulfide) groups is 2. The average Bonchev–Trinajstić information content (AvgIpc) is 3.65. The Labute approximate surface area is 199 Å². The first kappa shape index (κ1) is 23.2. The minimum atomic E-state index is 0.302. The van der Waals surface area contributed by atoms with Crippen molar-refractivity contribution < 1.29 is 4.74 Å². The lowest BCUT2D eigenvalue weighted by atomic mass is 10.1. The maximum absolute atomic E-state index is 5.85. The van der Waals surface area contributed by atoms with Crippen molar-refractivity contribution in [2.75, 3.05) is 31.7 Å². The third-order valence-electron chi connectivity index (χ3n) is 5.93. The predicted molar refractivity (Wildman–Crippen MR) is 139 cm³/mol. The molecule has 2 aromatic carbocycles. The minimum absolute atomic E-state index is 0.302. The zero-order valence-electron chi connectivity index (χ0n) is 18.6. The largest absolute Gasteiger partial charge is 0.476 e. The number of nitrogens with one attached hydrogen (secondary N) is 1. The highest BCUT2D eigenvalue weighted by Crippen LogP contribution is 2.31. The normalized spacial score (nSPS) is 22.4. The number of aliphatic imine (C=N–C) groups is 2. The van der Waals surface area contributed by atoms with Crippen LogP contribution in [0.15, 0.2) is 58.5 Å². The zero-order valence-corrected chi connectivity index (χ0v) is 20.3. The highest BCUT2D eigenvalue weighted by atomic mass is 32.2. The number of fused-ring (bicyclic) bond motifs is 2. The van der Waals surface area contributed by atoms with E-state index in [4.69, 9.17) is 10.5 Å². The van der Waals surface area contributed by atoms with Crippen LogP contribution in [0, 0.1) is 0 Å². The van der Waals surface area contributed by atoms with Crippen LogP contribution >= 0.6 is 23.5 Å². The molecular formula is C25H32N4OS2. The van der Waals surface area contributed by atoms with E-state index in [1.807, 2.05) is 11.8 Å². The van der Waals surface area contributed by atoms with Gasteiger partial charge in [0.2, 0.25) is 5.23 Å². The van der Waals surface area contributed by atoms with E-state index in [9.17, 15) is 0 Å². The third-order valence-corrected chi connectivity index (χ3v) is 7.76. The van der Waals surface area contributed by atoms with Gasteiger partial charge in [0.15, 0.2) is 5.17 Å². The second kappa shape index (κ2) is 11.8. The SMILES string of the molecule is COC1=NCCS1.NC1CCc2ccccc21.c1ccc2c(c1)CCC2NC1=NCCS1. The average molecular weight is 469 g/mol. The fraction of sp³-hybridized carbons (Fsp3) is 0.440. The predicted octanol–water partition coefficient (Wildman–Crippen LogP) is 4.73. The van der Waals surface area contributed by atoms with E-state index in [1.54, 1.807) is 18.9 Å². The van der Waals surface area contributed by atoms with E-state index in [0.29, 0.717) is 12.1 Å². The molecule has 0 aromatic heterocycles. The van der Waals surface area contributed by atoms with Gasteiger partial charge in [-0.25, -0.2) is 4.99 Å². The molecule has 0 fully saturated rings. The summed E-state index contributed by atoms with van der Waals surface area (Å²) in [4.78, 5) is 8.45. The summed E-state index contributed by atoms with van der Waals surface area (Å²) in [5, 5.41) is 5.52. The maximum Gasteiger partial charge on any atom is 0.245 e. The van der Waals surface area contributed by atoms with Crippen molar-refractivity contribution in [1.82, 2.24) is 5.32 Å². The standard InChI is InChI=1S/C12H14N2S.C9H11N.C4H7NOS/c1-2-4-10-9(3-1)5-6-11(10)14-12-13-7-8-15-12;10-9-6-5-7-3-1-2-4-8(7)9;1-6-4-5-2-3-7-4/h1-4,11H,5-8H2,(H,13,14);1-4,9H,5-6,10H2;2-3H2,1H3. The molecule has 0 spiro atoms. The first-order valence-electron chi connectivity index (χ1n) is 11.3. The summed E-state index contributed by atoms with van der Waals surface area (Å²) in [5.41, 5.74) is 11.6. The molecule has 2 aromatic rings. The molecular weight excluding hydrogens is 436 g/mol. The molecule has 0 bridgehead atoms. The van der Waals surface area contributed by atoms with Crippen molar-refractivity contribution in [3.8, 4) is 0 Å². The number of aryl methyl sites for hydroxylation is 2. The lowest BCUT2D eigenvalue weighted by Gasteiger charge is -2.14. The Bertz CT molecular complexity index is 962. The van der Waals surface area contributed by atoms with Gasteiger partial charge in [-0.3, -0.25) is 4.99 Å². The van der Waals surface area contributed by atoms with Crippen LogP contribution in [0.5, 0.6) is 0 Å². The maximum atomic E-state index is 5.85. The van der Waals surface area contributed by atoms with Crippen molar-refractivity contribution in [2.24, 2.45) is 15.7 Å². The quantitative estimate of drug-likeness (QED) is 0.633. The number of benzene rings is 2. The molecule has 6 rings (SSSR count). The summed E-state index contributed by atoms with van der Waals surface area (Å²) >= 11 is 3.51. The van der Waals surface area contributed by atoms with Gasteiger partial charge in [-0.2, -0.15) is 0 Å². The van der Waals surface area contributed by atoms with E-state index in [1.165, 1.54) is 35.1 Å². The molecule has 0 amide bonds. The Balaban J connectivity index is 0.000000125. The summed E-state index contributed by atoms with van der Waals surface area (Å²) in [7, 11) is 1.65. The summed E-state index contributed by atoms with van der Waals surface area (Å²) < 4.78 is 4.82. The van der Waals surface area contributed by atoms with Gasteiger partial charge in [-0.15, -0.1) is 0 Å². The summed E-state index contributed by atoms with van der Waals surface area (Å²) in [6.45, 7) is 1.90. The Kier molecular flexibility index (Phi) is 8.54. The first-order chi connectivity index (χ1) is 15.7. The monoisotopic (exact) mass is 468 g/mol. The highest BCUT2D eigenvalue weighted by molar-refractivity contribution is 8.14. The molecule has 2 unspecified atom stereocenters. The number of methoxy groups -OCH3 is 1. The zero-order chi connectivity index (χ0) is 22.2. The van der Waals surface area contributed by atoms with Crippen molar-refractivity contribution in [3.05, 3.63) is 70.8 Å². The molecule has 7 heteroatoms. The van der Waals surface area contributed by atoms with Crippen LogP contribution in [0.4, 0.5) is 0 Å². The third kappa shape index (κ3) is 6.09. The minimum Gasteiger partial charge on any atom is -0.476 e. The number of rotatable bonds is 1. The molecule has 0 radical (unpaired) electrons. The van der Waals surface area contributed by atoms with Crippen molar-refractivity contribution in [1.29, 1.82) is 0 Å². The van der Waals surface area contributed by atoms with Crippen LogP contribution in [-0.2, 0) is 17.6 Å². The number of amidine groups is 1. The molecule has 4 aliphatic rings. The van der Waals surface area contributed by atoms with Crippen molar-refractivity contribution >= 4 is 33.9 Å². The number of ether oxygens (including phenoxy) is 1. The van der Waals surface area contributed by atoms with Crippen molar-refractivity contribution in [2.45, 2.75) is 37.8 Å². The second-order valence-corrected chi connectivity index (χ2v) is 10.1. The van der Waals surface area contributed by atoms with Crippen LogP contribution in [0.1, 0.15) is 47.2 Å². The van der Waals surface area contributed by atoms with E-state index in [-0.39, 0.29) is 0 Å². The van der Waals surface area contributed by atoms with E-state index < -0.39 is 0 Å². The molecule has 5 nitrogen and oxygen atoms in total. The van der Waals surface area contributed by atoms with Crippen LogP contribution < -0.4 is 11.1 Å². The van der Waals surface area contributed by atoms with Crippen LogP contribution in [0.2, 0.25) is 0 Å². The molecule has 170 valence electrons. The van der Waals surface area contributed by atoms with Gasteiger partial charge >= 0.3 is 0 Å². The molecule has 3 N–H and O–H groups in total. The van der Waals surface area contributed by atoms with Gasteiger partial charge in [0.05, 0.1) is 26.2 Å². The lowest BCUT2D eigenvalue weighted by Crippen LogP contribution is -2.23. The van der Waals surface area contributed by atoms with Crippen LogP contribution in [0.25, 0.3) is 0 Å². The first-order valence-corrected chi connectivity index (χ1v) is 13.3. The fourth-order valence-corrected chi connectivity index (χ4v) is 5.75. The van der Waals surface area contributed by atoms with E-state index in [2.05, 4.69) is 63.8 Å². The fourth-order valence-electron chi connectivity index (χ4n) is 4.31. The number of hydrogen-bond acceptors (Lipinski definition) is 7. The molecule has 2 atom stereocenters. The van der Waals surface area contributed by atoms with Crippen LogP contribution in [-0.4, -0.2) is 42.1 Å². The Morgan fingerprint density at radius 2 is 1.53 bits per heavy atom. The summed E-state index contributed by atoms with van der Waals surface area (Å²) in [6.07, 6.45) is 4.70. The van der Waals surface area contributed by atoms with Gasteiger partial charge in [0.25, 0.3) is 0 Å². The summed E-state index contributed by atoms with van der Waals surface area (Å²) in [6, 6.07) is 18.0. The van der Waals surface area contributed by atoms with Gasteiger partial charge in [0.1, 0.15) is 0 Å². The smallest absolute Gasteiger partial charge is 0.245 e. The molecule has 2 aliphatic carbocycles. The van der Waals surface area contributed by atoms with Crippen molar-refractivity contribution in [3.63, 3.8) is 0 Å². The van der Waals surface area contributed by atoms with Gasteiger partial charge < -0.3 is 15.8 Å². The summed E-state index contributed by atoms with van der Waals surface area (Å²) in [5.74, 6) is 2.22. The highest BCUT2D eigenvalue weighted by Gasteiger charge is 2.23. The molecule has 0 saturated heterocycles. The molecule has 32 heavy (non-hydrogen) atoms. The van der Waals surface area contributed by atoms with Gasteiger partial charge in [-0.05, 0) is 47.9 Å². The molecule has 2 aliphatic heterocycles. The number of nitrogens with two attached hydrogens (primary N) is 1. The molecule has 2 heterocycles. The second-order valence-electron chi connectivity index (χ2n) is 8.01. The number of nitrogens with zero attached hydrogens (tertiary/aromatic N) is 2. The lowest BCUT2D eigenvalue weighted by molar-refractivity contribution is 0.416. The van der Waals surface area contributed by atoms with Gasteiger partial charge in [0, 0.05) is 17.5 Å². The van der Waals surface area contributed by atoms with E-state index in [0.717, 1.165) is 47.8 Å². The van der Waals surface area contributed by atoms with Gasteiger partial charge in [-0.1, -0.05) is 72.1 Å². The van der Waals surface area contributed by atoms with Crippen LogP contribution in [0.3, 0.4) is 0 Å². The Morgan fingerprint density at radius 3 is 2.16 bits per heavy atom. The Morgan fingerprint density at radius 1 is 0.875 bits per heavy atom. The topological polar surface area (TPSA) is 72.0 Å². The Hall–Kier alpha value is -1.96. The molecule has 0 saturated carbocycles. The number of hydrogen-bond donors (Lipinski definition) is 2. The van der Waals surface area contributed by atoms with E-state index >= 15 is 0 Å².